The molecule has 3 aromatic rings. The zero-order valence-corrected chi connectivity index (χ0v) is 16.0. The van der Waals surface area contributed by atoms with E-state index in [9.17, 15) is 14.7 Å². The molecule has 0 saturated heterocycles. The zero-order valence-electron chi connectivity index (χ0n) is 14.5. The fourth-order valence-corrected chi connectivity index (χ4v) is 4.16. The Balaban J connectivity index is 1.96. The predicted molar refractivity (Wildman–Crippen MR) is 109 cm³/mol. The minimum absolute atomic E-state index is 0.188. The highest BCUT2D eigenvalue weighted by molar-refractivity contribution is 6.38. The molecule has 1 aliphatic rings. The van der Waals surface area contributed by atoms with Crippen LogP contribution in [0, 0.1) is 0 Å². The lowest BCUT2D eigenvalue weighted by molar-refractivity contribution is -0.135. The summed E-state index contributed by atoms with van der Waals surface area (Å²) >= 11 is 12.4. The molecule has 3 aromatic carbocycles. The van der Waals surface area contributed by atoms with Gasteiger partial charge < -0.3 is 10.4 Å². The van der Waals surface area contributed by atoms with E-state index in [4.69, 9.17) is 23.2 Å². The van der Waals surface area contributed by atoms with Crippen molar-refractivity contribution >= 4 is 40.6 Å². The number of nitrogens with one attached hydrogen (secondary N) is 1. The fourth-order valence-electron chi connectivity index (χ4n) is 3.62. The monoisotopic (exact) mass is 411 g/mol. The van der Waals surface area contributed by atoms with Gasteiger partial charge in [-0.15, -0.1) is 0 Å². The highest BCUT2D eigenvalue weighted by Crippen LogP contribution is 2.49. The molecule has 1 heterocycles. The van der Waals surface area contributed by atoms with Crippen molar-refractivity contribution in [1.82, 2.24) is 0 Å². The summed E-state index contributed by atoms with van der Waals surface area (Å²) in [6.45, 7) is 0. The van der Waals surface area contributed by atoms with E-state index in [1.54, 1.807) is 60.7 Å². The number of fused-ring (bicyclic) bond motifs is 1. The van der Waals surface area contributed by atoms with Crippen molar-refractivity contribution in [2.75, 3.05) is 5.32 Å². The summed E-state index contributed by atoms with van der Waals surface area (Å²) in [5.41, 5.74) is -0.802. The molecule has 28 heavy (non-hydrogen) atoms. The Bertz CT molecular complexity index is 1070. The molecule has 1 aliphatic heterocycles. The smallest absolute Gasteiger partial charge is 0.262 e. The van der Waals surface area contributed by atoms with Crippen LogP contribution in [0.25, 0.3) is 0 Å². The standard InChI is InChI=1S/C22H15Cl2NO3/c23-15-11-16-19(17(24)12-15)25-21(27)22(16,28)18(13-7-3-1-4-8-13)20(26)14-9-5-2-6-10-14/h1-12,18,28H,(H,25,27)/t18-,22+/m0/s1. The van der Waals surface area contributed by atoms with Gasteiger partial charge >= 0.3 is 0 Å². The van der Waals surface area contributed by atoms with Crippen molar-refractivity contribution in [3.8, 4) is 0 Å². The molecule has 6 heteroatoms. The van der Waals surface area contributed by atoms with Crippen LogP contribution in [0.5, 0.6) is 0 Å². The molecule has 2 N–H and O–H groups in total. The number of halogens is 2. The van der Waals surface area contributed by atoms with Crippen LogP contribution in [0.2, 0.25) is 10.0 Å². The summed E-state index contributed by atoms with van der Waals surface area (Å²) in [6.07, 6.45) is 0. The summed E-state index contributed by atoms with van der Waals surface area (Å²) in [4.78, 5) is 26.4. The molecule has 0 bridgehead atoms. The van der Waals surface area contributed by atoms with Crippen molar-refractivity contribution in [2.24, 2.45) is 0 Å². The maximum atomic E-state index is 13.5. The van der Waals surface area contributed by atoms with Gasteiger partial charge in [-0.1, -0.05) is 83.9 Å². The number of hydrogen-bond acceptors (Lipinski definition) is 3. The van der Waals surface area contributed by atoms with Crippen LogP contribution in [-0.2, 0) is 10.4 Å². The third-order valence-electron chi connectivity index (χ3n) is 4.92. The number of hydrogen-bond donors (Lipinski definition) is 2. The molecule has 0 spiro atoms. The van der Waals surface area contributed by atoms with Gasteiger partial charge in [0.2, 0.25) is 0 Å². The van der Waals surface area contributed by atoms with E-state index in [-0.39, 0.29) is 27.1 Å². The molecule has 0 unspecified atom stereocenters. The Hall–Kier alpha value is -2.66. The second-order valence-electron chi connectivity index (χ2n) is 6.60. The second-order valence-corrected chi connectivity index (χ2v) is 7.45. The lowest BCUT2D eigenvalue weighted by atomic mass is 9.74. The van der Waals surface area contributed by atoms with Gasteiger partial charge in [-0.3, -0.25) is 9.59 Å². The van der Waals surface area contributed by atoms with E-state index >= 15 is 0 Å². The number of rotatable bonds is 4. The maximum absolute atomic E-state index is 13.5. The molecule has 2 atom stereocenters. The van der Waals surface area contributed by atoms with Crippen molar-refractivity contribution in [2.45, 2.75) is 11.5 Å². The molecular formula is C22H15Cl2NO3. The van der Waals surface area contributed by atoms with Gasteiger partial charge in [0.25, 0.3) is 5.91 Å². The van der Waals surface area contributed by atoms with E-state index in [0.717, 1.165) is 0 Å². The first kappa shape index (κ1) is 18.7. The van der Waals surface area contributed by atoms with E-state index < -0.39 is 17.4 Å². The van der Waals surface area contributed by atoms with E-state index in [2.05, 4.69) is 5.32 Å². The summed E-state index contributed by atoms with van der Waals surface area (Å²) in [6, 6.07) is 20.2. The SMILES string of the molecule is O=C(c1ccccc1)[C@H](c1ccccc1)[C@@]1(O)C(=O)Nc2c(Cl)cc(Cl)cc21. The lowest BCUT2D eigenvalue weighted by Gasteiger charge is -2.30. The van der Waals surface area contributed by atoms with E-state index in [1.807, 2.05) is 0 Å². The number of aliphatic hydroxyl groups is 1. The van der Waals surface area contributed by atoms with Gasteiger partial charge in [-0.2, -0.15) is 0 Å². The number of carbonyl (C=O) groups is 2. The number of amides is 1. The van der Waals surface area contributed by atoms with Crippen LogP contribution in [0.4, 0.5) is 5.69 Å². The lowest BCUT2D eigenvalue weighted by Crippen LogP contribution is -2.44. The van der Waals surface area contributed by atoms with Crippen LogP contribution in [0.15, 0.2) is 72.8 Å². The summed E-state index contributed by atoms with van der Waals surface area (Å²) in [7, 11) is 0. The molecule has 0 saturated carbocycles. The number of ketones is 1. The third kappa shape index (κ3) is 2.90. The van der Waals surface area contributed by atoms with Gasteiger partial charge in [-0.05, 0) is 17.7 Å². The summed E-state index contributed by atoms with van der Waals surface area (Å²) in [5, 5.41) is 14.7. The molecule has 0 aliphatic carbocycles. The minimum Gasteiger partial charge on any atom is -0.374 e. The van der Waals surface area contributed by atoms with Gasteiger partial charge in [0.05, 0.1) is 16.6 Å². The normalized spacial score (nSPS) is 19.0. The van der Waals surface area contributed by atoms with Crippen LogP contribution < -0.4 is 5.32 Å². The average molecular weight is 412 g/mol. The molecule has 140 valence electrons. The Morgan fingerprint density at radius 3 is 2.21 bits per heavy atom. The average Bonchev–Trinajstić information content (AvgIpc) is 2.95. The van der Waals surface area contributed by atoms with Gasteiger partial charge in [0.15, 0.2) is 11.4 Å². The Labute approximate surface area is 171 Å². The fraction of sp³-hybridized carbons (Fsp3) is 0.0909. The molecule has 1 amide bonds. The molecule has 0 radical (unpaired) electrons. The predicted octanol–water partition coefficient (Wildman–Crippen LogP) is 4.80. The first-order valence-corrected chi connectivity index (χ1v) is 9.36. The third-order valence-corrected chi connectivity index (χ3v) is 5.44. The maximum Gasteiger partial charge on any atom is 0.262 e. The Kier molecular flexibility index (Phi) is 4.71. The number of benzene rings is 3. The quantitative estimate of drug-likeness (QED) is 0.605. The van der Waals surface area contributed by atoms with Gasteiger partial charge in [-0.25, -0.2) is 0 Å². The zero-order chi connectivity index (χ0) is 19.9. The first-order valence-electron chi connectivity index (χ1n) is 8.60. The van der Waals surface area contributed by atoms with Crippen LogP contribution in [0.3, 0.4) is 0 Å². The van der Waals surface area contributed by atoms with Crippen LogP contribution in [0.1, 0.15) is 27.4 Å². The van der Waals surface area contributed by atoms with Gasteiger partial charge in [0.1, 0.15) is 0 Å². The minimum atomic E-state index is -2.15. The van der Waals surface area contributed by atoms with Crippen molar-refractivity contribution in [3.63, 3.8) is 0 Å². The van der Waals surface area contributed by atoms with E-state index in [0.29, 0.717) is 11.1 Å². The second kappa shape index (κ2) is 7.06. The highest BCUT2D eigenvalue weighted by Gasteiger charge is 2.55. The Morgan fingerprint density at radius 2 is 1.57 bits per heavy atom. The molecule has 4 rings (SSSR count). The van der Waals surface area contributed by atoms with E-state index in [1.165, 1.54) is 12.1 Å². The van der Waals surface area contributed by atoms with Crippen LogP contribution in [-0.4, -0.2) is 16.8 Å². The Morgan fingerprint density at radius 1 is 0.964 bits per heavy atom. The molecule has 0 fully saturated rings. The molecular weight excluding hydrogens is 397 g/mol. The topological polar surface area (TPSA) is 66.4 Å². The first-order chi connectivity index (χ1) is 13.4. The number of anilines is 1. The molecule has 0 aromatic heterocycles. The van der Waals surface area contributed by atoms with Crippen molar-refractivity contribution in [3.05, 3.63) is 99.5 Å². The van der Waals surface area contributed by atoms with Gasteiger partial charge in [0, 0.05) is 16.1 Å². The summed E-state index contributed by atoms with van der Waals surface area (Å²) < 4.78 is 0. The van der Waals surface area contributed by atoms with Crippen LogP contribution >= 0.6 is 23.2 Å². The van der Waals surface area contributed by atoms with Crippen molar-refractivity contribution < 1.29 is 14.7 Å². The highest BCUT2D eigenvalue weighted by atomic mass is 35.5. The largest absolute Gasteiger partial charge is 0.374 e. The van der Waals surface area contributed by atoms with Crippen molar-refractivity contribution in [1.29, 1.82) is 0 Å². The molecule has 4 nitrogen and oxygen atoms in total. The number of Topliss-reactive ketones (excluding diaryl/α,β-unsaturated/α-hetero) is 1. The summed E-state index contributed by atoms with van der Waals surface area (Å²) in [5.74, 6) is -2.27. The number of carbonyl (C=O) groups excluding carboxylic acids is 2.